The third kappa shape index (κ3) is 10.9. The van der Waals surface area contributed by atoms with Crippen molar-refractivity contribution in [1.29, 1.82) is 0 Å². The van der Waals surface area contributed by atoms with Crippen LogP contribution in [0.4, 0.5) is 0 Å². The molecule has 0 amide bonds. The molecule has 0 aromatic carbocycles. The highest BCUT2D eigenvalue weighted by Gasteiger charge is 2.41. The molecule has 0 radical (unpaired) electrons. The van der Waals surface area contributed by atoms with Crippen molar-refractivity contribution in [3.05, 3.63) is 12.2 Å². The van der Waals surface area contributed by atoms with Crippen molar-refractivity contribution in [2.75, 3.05) is 6.54 Å². The Bertz CT molecular complexity index is 1090. The monoisotopic (exact) mass is 772 g/mol. The number of rotatable bonds is 10. The van der Waals surface area contributed by atoms with E-state index in [-0.39, 0.29) is 0 Å². The van der Waals surface area contributed by atoms with Gasteiger partial charge in [-0.3, -0.25) is 9.80 Å². The third-order valence-electron chi connectivity index (χ3n) is 19.2. The topological polar surface area (TPSA) is 18.5 Å². The van der Waals surface area contributed by atoms with Crippen LogP contribution in [0.1, 0.15) is 220 Å². The fraction of sp³-hybridized carbons (Fsp3) is 0.962. The Morgan fingerprint density at radius 2 is 0.589 bits per heavy atom. The van der Waals surface area contributed by atoms with E-state index >= 15 is 0 Å². The fourth-order valence-electron chi connectivity index (χ4n) is 15.2. The summed E-state index contributed by atoms with van der Waals surface area (Å²) in [5.41, 5.74) is 0. The van der Waals surface area contributed by atoms with Crippen LogP contribution in [-0.2, 0) is 0 Å². The summed E-state index contributed by atoms with van der Waals surface area (Å²) < 4.78 is 0. The van der Waals surface area contributed by atoms with E-state index in [0.717, 1.165) is 95.6 Å². The Balaban J connectivity index is 0.741. The molecule has 8 aliphatic rings. The van der Waals surface area contributed by atoms with Gasteiger partial charge in [0.05, 0.1) is 0 Å². The molecule has 56 heavy (non-hydrogen) atoms. The van der Waals surface area contributed by atoms with E-state index in [1.54, 1.807) is 0 Å². The maximum Gasteiger partial charge on any atom is 0.0102 e. The summed E-state index contributed by atoms with van der Waals surface area (Å²) in [5, 5.41) is 4.22. The average molecular weight is 772 g/mol. The molecule has 1 heterocycles. The normalized spacial score (nSPS) is 46.3. The van der Waals surface area contributed by atoms with Gasteiger partial charge in [-0.15, -0.1) is 0 Å². The summed E-state index contributed by atoms with van der Waals surface area (Å²) in [6, 6.07) is 6.15. The first-order valence-corrected chi connectivity index (χ1v) is 26.3. The molecule has 3 heteroatoms. The van der Waals surface area contributed by atoms with Gasteiger partial charge in [-0.2, -0.15) is 0 Å². The molecule has 320 valence electrons. The Hall–Kier alpha value is -0.380. The van der Waals surface area contributed by atoms with E-state index < -0.39 is 0 Å². The molecule has 1 aliphatic heterocycles. The molecule has 7 saturated carbocycles. The lowest BCUT2D eigenvalue weighted by Crippen LogP contribution is -2.54. The SMILES string of the molecule is CC1CCC(N(C2CCC(C)CC2)C2CCC(/C=C/C3CCC(C4CCC(C5CCC(N(C6CCC(C)CC6)C6CCC(C)CC6)CC5)NC4)CC3)CC2)CC1. The van der Waals surface area contributed by atoms with Crippen molar-refractivity contribution in [2.45, 2.75) is 263 Å². The molecule has 0 bridgehead atoms. The Kier molecular flexibility index (Phi) is 15.5. The minimum atomic E-state index is 0.811. The second kappa shape index (κ2) is 20.5. The van der Waals surface area contributed by atoms with Gasteiger partial charge in [0.15, 0.2) is 0 Å². The highest BCUT2D eigenvalue weighted by atomic mass is 15.2. The third-order valence-corrected chi connectivity index (χ3v) is 19.2. The lowest BCUT2D eigenvalue weighted by Gasteiger charge is -2.50. The largest absolute Gasteiger partial charge is 0.313 e. The first-order chi connectivity index (χ1) is 27.4. The zero-order chi connectivity index (χ0) is 38.4. The van der Waals surface area contributed by atoms with Crippen LogP contribution in [0.2, 0.25) is 0 Å². The van der Waals surface area contributed by atoms with E-state index in [2.05, 4.69) is 55.0 Å². The van der Waals surface area contributed by atoms with Crippen molar-refractivity contribution in [2.24, 2.45) is 53.3 Å². The van der Waals surface area contributed by atoms with Gasteiger partial charge in [-0.25, -0.2) is 0 Å². The van der Waals surface area contributed by atoms with Crippen LogP contribution in [-0.4, -0.2) is 58.6 Å². The smallest absolute Gasteiger partial charge is 0.0102 e. The zero-order valence-electron chi connectivity index (χ0n) is 37.7. The minimum Gasteiger partial charge on any atom is -0.313 e. The molecule has 8 fully saturated rings. The predicted molar refractivity (Wildman–Crippen MR) is 240 cm³/mol. The van der Waals surface area contributed by atoms with E-state index in [1.807, 2.05) is 0 Å². The van der Waals surface area contributed by atoms with Crippen LogP contribution in [0, 0.1) is 53.3 Å². The molecule has 1 N–H and O–H groups in total. The second-order valence-electron chi connectivity index (χ2n) is 23.1. The molecule has 7 aliphatic carbocycles. The van der Waals surface area contributed by atoms with Gasteiger partial charge >= 0.3 is 0 Å². The van der Waals surface area contributed by atoms with Gasteiger partial charge < -0.3 is 5.32 Å². The van der Waals surface area contributed by atoms with Gasteiger partial charge in [0.25, 0.3) is 0 Å². The lowest BCUT2D eigenvalue weighted by molar-refractivity contribution is 0.00176. The van der Waals surface area contributed by atoms with Crippen molar-refractivity contribution >= 4 is 0 Å². The number of allylic oxidation sites excluding steroid dienone is 2. The average Bonchev–Trinajstić information content (AvgIpc) is 3.24. The summed E-state index contributed by atoms with van der Waals surface area (Å²) >= 11 is 0. The summed E-state index contributed by atoms with van der Waals surface area (Å²) in [4.78, 5) is 6.37. The van der Waals surface area contributed by atoms with Crippen LogP contribution >= 0.6 is 0 Å². The quantitative estimate of drug-likeness (QED) is 0.223. The fourth-order valence-corrected chi connectivity index (χ4v) is 15.2. The van der Waals surface area contributed by atoms with Gasteiger partial charge in [0.2, 0.25) is 0 Å². The van der Waals surface area contributed by atoms with E-state index in [4.69, 9.17) is 0 Å². The highest BCUT2D eigenvalue weighted by molar-refractivity contribution is 5.00. The molecule has 0 aromatic heterocycles. The minimum absolute atomic E-state index is 0.811. The van der Waals surface area contributed by atoms with Crippen LogP contribution in [0.25, 0.3) is 0 Å². The van der Waals surface area contributed by atoms with Gasteiger partial charge in [-0.05, 0) is 252 Å². The Labute approximate surface area is 348 Å². The Morgan fingerprint density at radius 3 is 0.929 bits per heavy atom. The molecule has 2 unspecified atom stereocenters. The lowest BCUT2D eigenvalue weighted by atomic mass is 9.70. The summed E-state index contributed by atoms with van der Waals surface area (Å²) in [6.07, 6.45) is 49.8. The standard InChI is InChI=1S/C53H93N3/c1-38-5-24-47(25-6-38)55(48-26-7-39(2)8-27-48)51-32-17-43(18-33-51)14-13-42-15-19-44(20-16-42)46-23-36-53(54-37-46)45-21-34-52(35-22-45)56(49-28-9-40(3)10-29-49)50-30-11-41(4)12-31-50/h13-14,38-54H,5-12,15-37H2,1-4H3/b14-13+. The van der Waals surface area contributed by atoms with Crippen molar-refractivity contribution in [1.82, 2.24) is 15.1 Å². The van der Waals surface area contributed by atoms with E-state index in [1.165, 1.54) is 199 Å². The van der Waals surface area contributed by atoms with Crippen molar-refractivity contribution in [3.63, 3.8) is 0 Å². The number of nitrogens with zero attached hydrogens (tertiary/aromatic N) is 2. The highest BCUT2D eigenvalue weighted by Crippen LogP contribution is 2.44. The van der Waals surface area contributed by atoms with Crippen molar-refractivity contribution < 1.29 is 0 Å². The maximum absolute atomic E-state index is 4.22. The summed E-state index contributed by atoms with van der Waals surface area (Å²) in [5.74, 6) is 8.44. The molecule has 2 atom stereocenters. The van der Waals surface area contributed by atoms with Crippen LogP contribution in [0.15, 0.2) is 12.2 Å². The number of piperidine rings is 1. The van der Waals surface area contributed by atoms with Gasteiger partial charge in [0.1, 0.15) is 0 Å². The maximum atomic E-state index is 4.22. The van der Waals surface area contributed by atoms with Gasteiger partial charge in [-0.1, -0.05) is 39.8 Å². The van der Waals surface area contributed by atoms with Crippen molar-refractivity contribution in [3.8, 4) is 0 Å². The van der Waals surface area contributed by atoms with Crippen LogP contribution in [0.3, 0.4) is 0 Å². The molecule has 0 aromatic rings. The van der Waals surface area contributed by atoms with Crippen LogP contribution in [0.5, 0.6) is 0 Å². The first kappa shape index (κ1) is 42.3. The summed E-state index contributed by atoms with van der Waals surface area (Å²) in [7, 11) is 0. The molecule has 0 spiro atoms. The Morgan fingerprint density at radius 1 is 0.304 bits per heavy atom. The molecule has 3 nitrogen and oxygen atoms in total. The number of hydrogen-bond acceptors (Lipinski definition) is 3. The molecule has 8 rings (SSSR count). The molecule has 1 saturated heterocycles. The predicted octanol–water partition coefficient (Wildman–Crippen LogP) is 13.8. The number of nitrogens with one attached hydrogen (secondary N) is 1. The second-order valence-corrected chi connectivity index (χ2v) is 23.1. The molecular formula is C53H93N3. The first-order valence-electron chi connectivity index (χ1n) is 26.3. The zero-order valence-corrected chi connectivity index (χ0v) is 37.7. The molecular weight excluding hydrogens is 679 g/mol. The van der Waals surface area contributed by atoms with Crippen LogP contribution < -0.4 is 5.32 Å². The summed E-state index contributed by atoms with van der Waals surface area (Å²) in [6.45, 7) is 11.3. The van der Waals surface area contributed by atoms with E-state index in [0.29, 0.717) is 0 Å². The number of hydrogen-bond donors (Lipinski definition) is 1. The van der Waals surface area contributed by atoms with E-state index in [9.17, 15) is 0 Å². The van der Waals surface area contributed by atoms with Gasteiger partial charge in [0, 0.05) is 42.3 Å².